The Hall–Kier alpha value is -1.68. The first kappa shape index (κ1) is 21.6. The summed E-state index contributed by atoms with van der Waals surface area (Å²) in [4.78, 5) is 4.56. The molecule has 2 aromatic rings. The maximum Gasteiger partial charge on any atom is 0.261 e. The van der Waals surface area contributed by atoms with E-state index in [0.29, 0.717) is 30.2 Å². The van der Waals surface area contributed by atoms with Gasteiger partial charge in [-0.25, -0.2) is 8.42 Å². The van der Waals surface area contributed by atoms with Crippen LogP contribution in [-0.4, -0.2) is 43.1 Å². The smallest absolute Gasteiger partial charge is 0.261 e. The van der Waals surface area contributed by atoms with E-state index in [0.717, 1.165) is 19.3 Å². The van der Waals surface area contributed by atoms with E-state index in [1.54, 1.807) is 19.9 Å². The molecule has 0 amide bonds. The fourth-order valence-electron chi connectivity index (χ4n) is 3.04. The SMILES string of the molecule is CCN(CC)S(=O)(=O)c1ccc(OC)c(-c2nc(C3(N)CCC3)no2)c1.Cl. The lowest BCUT2D eigenvalue weighted by Crippen LogP contribution is -2.44. The van der Waals surface area contributed by atoms with Crippen LogP contribution in [0.2, 0.25) is 0 Å². The molecule has 0 bridgehead atoms. The molecule has 0 saturated heterocycles. The standard InChI is InChI=1S/C17H24N4O4S.ClH/c1-4-21(5-2)26(22,23)12-7-8-14(24-3)13(11-12)15-19-16(20-25-15)17(18)9-6-10-17;/h7-8,11H,4-6,9-10,18H2,1-3H3;1H. The molecule has 0 radical (unpaired) electrons. The van der Waals surface area contributed by atoms with Crippen molar-refractivity contribution in [3.63, 3.8) is 0 Å². The molecule has 1 saturated carbocycles. The van der Waals surface area contributed by atoms with Crippen molar-refractivity contribution >= 4 is 22.4 Å². The van der Waals surface area contributed by atoms with Gasteiger partial charge in [-0.05, 0) is 37.5 Å². The number of rotatable bonds is 7. The summed E-state index contributed by atoms with van der Waals surface area (Å²) in [5.74, 6) is 1.10. The third-order valence-electron chi connectivity index (χ3n) is 4.86. The summed E-state index contributed by atoms with van der Waals surface area (Å²) >= 11 is 0. The maximum atomic E-state index is 12.8. The average molecular weight is 417 g/mol. The summed E-state index contributed by atoms with van der Waals surface area (Å²) in [6, 6.07) is 4.62. The van der Waals surface area contributed by atoms with Gasteiger partial charge in [-0.3, -0.25) is 0 Å². The Kier molecular flexibility index (Phi) is 6.51. The zero-order chi connectivity index (χ0) is 18.9. The van der Waals surface area contributed by atoms with Gasteiger partial charge in [-0.1, -0.05) is 19.0 Å². The third kappa shape index (κ3) is 3.82. The lowest BCUT2D eigenvalue weighted by atomic mass is 9.77. The van der Waals surface area contributed by atoms with Crippen molar-refractivity contribution in [3.05, 3.63) is 24.0 Å². The van der Waals surface area contributed by atoms with Crippen molar-refractivity contribution in [3.8, 4) is 17.2 Å². The number of halogens is 1. The van der Waals surface area contributed by atoms with E-state index in [1.807, 2.05) is 0 Å². The molecule has 1 aliphatic rings. The lowest BCUT2D eigenvalue weighted by Gasteiger charge is -2.34. The highest BCUT2D eigenvalue weighted by molar-refractivity contribution is 7.89. The van der Waals surface area contributed by atoms with Crippen molar-refractivity contribution in [2.45, 2.75) is 43.5 Å². The molecular formula is C17H25ClN4O4S. The van der Waals surface area contributed by atoms with Gasteiger partial charge in [0.1, 0.15) is 5.75 Å². The predicted octanol–water partition coefficient (Wildman–Crippen LogP) is 2.54. The number of hydrogen-bond acceptors (Lipinski definition) is 7. The van der Waals surface area contributed by atoms with E-state index in [4.69, 9.17) is 15.0 Å². The predicted molar refractivity (Wildman–Crippen MR) is 103 cm³/mol. The summed E-state index contributed by atoms with van der Waals surface area (Å²) in [7, 11) is -2.10. The molecular weight excluding hydrogens is 392 g/mol. The summed E-state index contributed by atoms with van der Waals surface area (Å²) in [5, 5.41) is 3.99. The molecule has 1 aromatic carbocycles. The van der Waals surface area contributed by atoms with Gasteiger partial charge in [0, 0.05) is 13.1 Å². The van der Waals surface area contributed by atoms with Crippen molar-refractivity contribution in [1.82, 2.24) is 14.4 Å². The number of benzene rings is 1. The Bertz CT molecular complexity index is 892. The quantitative estimate of drug-likeness (QED) is 0.737. The zero-order valence-corrected chi connectivity index (χ0v) is 17.3. The second kappa shape index (κ2) is 8.14. The molecule has 27 heavy (non-hydrogen) atoms. The zero-order valence-electron chi connectivity index (χ0n) is 15.6. The Morgan fingerprint density at radius 2 is 1.96 bits per heavy atom. The van der Waals surface area contributed by atoms with Crippen LogP contribution in [0, 0.1) is 0 Å². The average Bonchev–Trinajstić information content (AvgIpc) is 3.10. The van der Waals surface area contributed by atoms with E-state index in [-0.39, 0.29) is 23.2 Å². The first-order chi connectivity index (χ1) is 12.4. The Labute approximate surface area is 165 Å². The topological polar surface area (TPSA) is 112 Å². The number of methoxy groups -OCH3 is 1. The molecule has 8 nitrogen and oxygen atoms in total. The molecule has 1 fully saturated rings. The summed E-state index contributed by atoms with van der Waals surface area (Å²) in [6.07, 6.45) is 2.64. The molecule has 0 unspecified atom stereocenters. The number of nitrogens with zero attached hydrogens (tertiary/aromatic N) is 3. The minimum atomic E-state index is -3.61. The van der Waals surface area contributed by atoms with E-state index in [2.05, 4.69) is 10.1 Å². The van der Waals surface area contributed by atoms with Crippen LogP contribution in [0.15, 0.2) is 27.6 Å². The molecule has 0 atom stereocenters. The highest BCUT2D eigenvalue weighted by Crippen LogP contribution is 2.39. The summed E-state index contributed by atoms with van der Waals surface area (Å²) in [5.41, 5.74) is 6.12. The molecule has 1 aromatic heterocycles. The van der Waals surface area contributed by atoms with Gasteiger partial charge in [0.15, 0.2) is 5.82 Å². The largest absolute Gasteiger partial charge is 0.496 e. The molecule has 1 aliphatic carbocycles. The first-order valence-electron chi connectivity index (χ1n) is 8.67. The molecule has 3 rings (SSSR count). The normalized spacial score (nSPS) is 15.9. The monoisotopic (exact) mass is 416 g/mol. The van der Waals surface area contributed by atoms with E-state index >= 15 is 0 Å². The van der Waals surface area contributed by atoms with Crippen molar-refractivity contribution in [2.24, 2.45) is 5.73 Å². The number of ether oxygens (including phenoxy) is 1. The molecule has 1 heterocycles. The van der Waals surface area contributed by atoms with Gasteiger partial charge < -0.3 is 15.0 Å². The number of nitrogens with two attached hydrogens (primary N) is 1. The van der Waals surface area contributed by atoms with Crippen molar-refractivity contribution in [1.29, 1.82) is 0 Å². The minimum Gasteiger partial charge on any atom is -0.496 e. The minimum absolute atomic E-state index is 0. The Morgan fingerprint density at radius 1 is 1.30 bits per heavy atom. The van der Waals surface area contributed by atoms with Crippen LogP contribution in [0.3, 0.4) is 0 Å². The lowest BCUT2D eigenvalue weighted by molar-refractivity contribution is 0.229. The molecule has 10 heteroatoms. The van der Waals surface area contributed by atoms with Crippen LogP contribution in [0.4, 0.5) is 0 Å². The maximum absolute atomic E-state index is 12.8. The van der Waals surface area contributed by atoms with Gasteiger partial charge in [0.05, 0.1) is 23.1 Å². The van der Waals surface area contributed by atoms with Crippen LogP contribution in [0.5, 0.6) is 5.75 Å². The van der Waals surface area contributed by atoms with Crippen LogP contribution in [0.1, 0.15) is 38.9 Å². The molecule has 150 valence electrons. The summed E-state index contributed by atoms with van der Waals surface area (Å²) in [6.45, 7) is 4.38. The second-order valence-corrected chi connectivity index (χ2v) is 8.32. The summed E-state index contributed by atoms with van der Waals surface area (Å²) < 4.78 is 37.7. The molecule has 2 N–H and O–H groups in total. The Morgan fingerprint density at radius 3 is 2.48 bits per heavy atom. The number of hydrogen-bond donors (Lipinski definition) is 1. The first-order valence-corrected chi connectivity index (χ1v) is 10.1. The Balaban J connectivity index is 0.00000261. The number of aromatic nitrogens is 2. The van der Waals surface area contributed by atoms with Gasteiger partial charge in [0.2, 0.25) is 10.0 Å². The van der Waals surface area contributed by atoms with Crippen LogP contribution < -0.4 is 10.5 Å². The highest BCUT2D eigenvalue weighted by Gasteiger charge is 2.39. The van der Waals surface area contributed by atoms with E-state index < -0.39 is 15.6 Å². The van der Waals surface area contributed by atoms with Crippen LogP contribution in [-0.2, 0) is 15.6 Å². The van der Waals surface area contributed by atoms with Gasteiger partial charge in [-0.15, -0.1) is 12.4 Å². The van der Waals surface area contributed by atoms with Gasteiger partial charge >= 0.3 is 0 Å². The van der Waals surface area contributed by atoms with Crippen molar-refractivity contribution < 1.29 is 17.7 Å². The molecule has 0 aliphatic heterocycles. The van der Waals surface area contributed by atoms with E-state index in [9.17, 15) is 8.42 Å². The van der Waals surface area contributed by atoms with Crippen molar-refractivity contribution in [2.75, 3.05) is 20.2 Å². The molecule has 0 spiro atoms. The van der Waals surface area contributed by atoms with Crippen LogP contribution >= 0.6 is 12.4 Å². The highest BCUT2D eigenvalue weighted by atomic mass is 35.5. The van der Waals surface area contributed by atoms with Crippen LogP contribution in [0.25, 0.3) is 11.5 Å². The second-order valence-electron chi connectivity index (χ2n) is 6.38. The van der Waals surface area contributed by atoms with Gasteiger partial charge in [0.25, 0.3) is 5.89 Å². The van der Waals surface area contributed by atoms with E-state index in [1.165, 1.54) is 23.5 Å². The van der Waals surface area contributed by atoms with Gasteiger partial charge in [-0.2, -0.15) is 9.29 Å². The fourth-order valence-corrected chi connectivity index (χ4v) is 4.53. The number of sulfonamides is 1. The third-order valence-corrected chi connectivity index (χ3v) is 6.91. The fraction of sp³-hybridized carbons (Fsp3) is 0.529.